The lowest BCUT2D eigenvalue weighted by molar-refractivity contribution is -0.144. The van der Waals surface area contributed by atoms with Gasteiger partial charge in [0.05, 0.1) is 25.3 Å². The summed E-state index contributed by atoms with van der Waals surface area (Å²) < 4.78 is 10.6. The molecule has 0 saturated carbocycles. The van der Waals surface area contributed by atoms with Gasteiger partial charge in [-0.05, 0) is 63.4 Å². The van der Waals surface area contributed by atoms with Gasteiger partial charge in [-0.1, -0.05) is 24.3 Å². The quantitative estimate of drug-likeness (QED) is 0.281. The van der Waals surface area contributed by atoms with Crippen LogP contribution in [0.1, 0.15) is 54.0 Å². The number of H-pyrrole nitrogens is 1. The fraction of sp³-hybridized carbons (Fsp3) is 0.387. The minimum atomic E-state index is -1.04. The van der Waals surface area contributed by atoms with E-state index in [0.29, 0.717) is 29.8 Å². The number of nitrogens with one attached hydrogen (secondary N) is 3. The molecule has 3 aromatic rings. The van der Waals surface area contributed by atoms with Gasteiger partial charge in [0.25, 0.3) is 5.91 Å². The molecule has 1 aliphatic rings. The van der Waals surface area contributed by atoms with Crippen molar-refractivity contribution in [2.75, 3.05) is 26.8 Å². The van der Waals surface area contributed by atoms with Gasteiger partial charge in [-0.25, -0.2) is 4.79 Å². The number of aromatic nitrogens is 1. The van der Waals surface area contributed by atoms with Crippen molar-refractivity contribution in [3.05, 3.63) is 65.9 Å². The second-order valence-electron chi connectivity index (χ2n) is 10.5. The Morgan fingerprint density at radius 1 is 1.07 bits per heavy atom. The van der Waals surface area contributed by atoms with Gasteiger partial charge in [0.1, 0.15) is 11.4 Å². The number of aromatic amines is 1. The molecule has 3 N–H and O–H groups in total. The predicted octanol–water partition coefficient (Wildman–Crippen LogP) is 2.85. The van der Waals surface area contributed by atoms with Crippen LogP contribution in [0.2, 0.25) is 0 Å². The molecule has 3 amide bonds. The second-order valence-corrected chi connectivity index (χ2v) is 10.5. The number of fused-ring (bicyclic) bond motifs is 1. The van der Waals surface area contributed by atoms with E-state index in [0.717, 1.165) is 11.8 Å². The summed E-state index contributed by atoms with van der Waals surface area (Å²) in [5.41, 5.74) is 1.25. The first-order valence-electron chi connectivity index (χ1n) is 14.0. The normalized spacial score (nSPS) is 15.5. The molecule has 11 heteroatoms. The SMILES string of the molecule is COc1cccc2[nH]c(C(=O)NCC(=O)N(C(C)C)C(C[C@@H]3CCCNC3=O)C(=O)COC(=O)c3ccccc3)cc12. The zero-order chi connectivity index (χ0) is 30.2. The Labute approximate surface area is 243 Å². The third kappa shape index (κ3) is 7.15. The summed E-state index contributed by atoms with van der Waals surface area (Å²) in [5.74, 6) is -2.24. The van der Waals surface area contributed by atoms with Gasteiger partial charge in [-0.15, -0.1) is 0 Å². The number of Topliss-reactive ketones (excluding diaryl/α,β-unsaturated/α-hetero) is 1. The molecule has 222 valence electrons. The number of rotatable bonds is 12. The van der Waals surface area contributed by atoms with Crippen LogP contribution in [0.5, 0.6) is 5.75 Å². The second kappa shape index (κ2) is 13.8. The Hall–Kier alpha value is -4.67. The molecule has 11 nitrogen and oxygen atoms in total. The molecule has 1 unspecified atom stereocenters. The van der Waals surface area contributed by atoms with Crippen molar-refractivity contribution in [3.63, 3.8) is 0 Å². The van der Waals surface area contributed by atoms with Crippen LogP contribution in [-0.2, 0) is 19.1 Å². The zero-order valence-corrected chi connectivity index (χ0v) is 24.0. The van der Waals surface area contributed by atoms with E-state index < -0.39 is 48.2 Å². The molecular weight excluding hydrogens is 540 g/mol. The summed E-state index contributed by atoms with van der Waals surface area (Å²) in [6, 6.07) is 13.8. The Morgan fingerprint density at radius 2 is 1.83 bits per heavy atom. The summed E-state index contributed by atoms with van der Waals surface area (Å²) in [6.07, 6.45) is 1.40. The highest BCUT2D eigenvalue weighted by molar-refractivity contribution is 6.01. The average molecular weight is 577 g/mol. The van der Waals surface area contributed by atoms with Crippen LogP contribution in [-0.4, -0.2) is 78.2 Å². The number of hydrogen-bond acceptors (Lipinski definition) is 7. The Kier molecular flexibility index (Phi) is 9.95. The highest BCUT2D eigenvalue weighted by atomic mass is 16.5. The molecule has 1 fully saturated rings. The Morgan fingerprint density at radius 3 is 2.52 bits per heavy atom. The summed E-state index contributed by atoms with van der Waals surface area (Å²) in [7, 11) is 1.54. The maximum Gasteiger partial charge on any atom is 0.338 e. The number of ketones is 1. The highest BCUT2D eigenvalue weighted by Gasteiger charge is 2.36. The van der Waals surface area contributed by atoms with E-state index in [1.54, 1.807) is 62.4 Å². The summed E-state index contributed by atoms with van der Waals surface area (Å²) in [5, 5.41) is 6.17. The molecule has 1 saturated heterocycles. The number of hydrogen-bond donors (Lipinski definition) is 3. The molecular formula is C31H36N4O7. The first-order chi connectivity index (χ1) is 20.2. The van der Waals surface area contributed by atoms with Crippen molar-refractivity contribution in [2.24, 2.45) is 5.92 Å². The van der Waals surface area contributed by atoms with Crippen LogP contribution in [0.4, 0.5) is 0 Å². The molecule has 4 rings (SSSR count). The lowest BCUT2D eigenvalue weighted by Crippen LogP contribution is -2.54. The van der Waals surface area contributed by atoms with E-state index in [-0.39, 0.29) is 24.6 Å². The van der Waals surface area contributed by atoms with Gasteiger partial charge in [0, 0.05) is 29.4 Å². The number of nitrogens with zero attached hydrogens (tertiary/aromatic N) is 1. The number of carbonyl (C=O) groups excluding carboxylic acids is 5. The molecule has 0 bridgehead atoms. The molecule has 2 atom stereocenters. The molecule has 1 aliphatic heterocycles. The minimum absolute atomic E-state index is 0.0766. The summed E-state index contributed by atoms with van der Waals surface area (Å²) in [4.78, 5) is 69.5. The maximum atomic E-state index is 13.5. The minimum Gasteiger partial charge on any atom is -0.496 e. The molecule has 42 heavy (non-hydrogen) atoms. The van der Waals surface area contributed by atoms with Gasteiger partial charge < -0.3 is 30.0 Å². The van der Waals surface area contributed by atoms with Crippen molar-refractivity contribution in [3.8, 4) is 5.75 Å². The van der Waals surface area contributed by atoms with E-state index in [1.165, 1.54) is 12.0 Å². The lowest BCUT2D eigenvalue weighted by Gasteiger charge is -2.36. The largest absolute Gasteiger partial charge is 0.496 e. The van der Waals surface area contributed by atoms with E-state index in [4.69, 9.17) is 9.47 Å². The van der Waals surface area contributed by atoms with Crippen LogP contribution in [0, 0.1) is 5.92 Å². The molecule has 0 aliphatic carbocycles. The van der Waals surface area contributed by atoms with Gasteiger partial charge >= 0.3 is 5.97 Å². The number of esters is 1. The van der Waals surface area contributed by atoms with Crippen molar-refractivity contribution in [1.82, 2.24) is 20.5 Å². The van der Waals surface area contributed by atoms with E-state index in [9.17, 15) is 24.0 Å². The van der Waals surface area contributed by atoms with Crippen LogP contribution in [0.3, 0.4) is 0 Å². The zero-order valence-electron chi connectivity index (χ0n) is 24.0. The van der Waals surface area contributed by atoms with E-state index in [2.05, 4.69) is 15.6 Å². The Balaban J connectivity index is 1.49. The third-order valence-corrected chi connectivity index (χ3v) is 7.30. The monoisotopic (exact) mass is 576 g/mol. The maximum absolute atomic E-state index is 13.5. The smallest absolute Gasteiger partial charge is 0.338 e. The fourth-order valence-electron chi connectivity index (χ4n) is 5.21. The van der Waals surface area contributed by atoms with E-state index in [1.807, 2.05) is 6.07 Å². The lowest BCUT2D eigenvalue weighted by atomic mass is 9.89. The van der Waals surface area contributed by atoms with E-state index >= 15 is 0 Å². The number of methoxy groups -OCH3 is 1. The molecule has 1 aromatic heterocycles. The van der Waals surface area contributed by atoms with Crippen molar-refractivity contribution in [2.45, 2.75) is 45.2 Å². The standard InChI is InChI=1S/C31H36N4O7/c1-19(2)35(28(37)17-33-30(39)24-16-22-23(34-24)12-7-13-27(22)41-3)25(15-21-11-8-14-32-29(21)38)26(36)18-42-31(40)20-9-5-4-6-10-20/h4-7,9-10,12-13,16,19,21,25,34H,8,11,14-15,17-18H2,1-3H3,(H,32,38)(H,33,39)/t21-,25?/m0/s1. The van der Waals surface area contributed by atoms with Crippen LogP contribution >= 0.6 is 0 Å². The first-order valence-corrected chi connectivity index (χ1v) is 14.0. The van der Waals surface area contributed by atoms with Crippen LogP contribution in [0.25, 0.3) is 10.9 Å². The molecule has 2 aromatic carbocycles. The molecule has 0 radical (unpaired) electrons. The van der Waals surface area contributed by atoms with Gasteiger partial charge in [-0.3, -0.25) is 19.2 Å². The molecule has 0 spiro atoms. The third-order valence-electron chi connectivity index (χ3n) is 7.30. The van der Waals surface area contributed by atoms with Crippen molar-refractivity contribution < 1.29 is 33.4 Å². The fourth-order valence-corrected chi connectivity index (χ4v) is 5.21. The van der Waals surface area contributed by atoms with Crippen LogP contribution in [0.15, 0.2) is 54.6 Å². The topological polar surface area (TPSA) is 147 Å². The number of benzene rings is 2. The van der Waals surface area contributed by atoms with Crippen molar-refractivity contribution in [1.29, 1.82) is 0 Å². The molecule has 2 heterocycles. The van der Waals surface area contributed by atoms with Crippen LogP contribution < -0.4 is 15.4 Å². The van der Waals surface area contributed by atoms with Gasteiger partial charge in [0.2, 0.25) is 11.8 Å². The predicted molar refractivity (Wildman–Crippen MR) is 155 cm³/mol. The van der Waals surface area contributed by atoms with Gasteiger partial charge in [0.15, 0.2) is 12.4 Å². The number of amides is 3. The highest BCUT2D eigenvalue weighted by Crippen LogP contribution is 2.26. The van der Waals surface area contributed by atoms with Gasteiger partial charge in [-0.2, -0.15) is 0 Å². The number of carbonyl (C=O) groups is 5. The van der Waals surface area contributed by atoms with Crippen molar-refractivity contribution >= 4 is 40.4 Å². The summed E-state index contributed by atoms with van der Waals surface area (Å²) in [6.45, 7) is 3.11. The first kappa shape index (κ1) is 30.3. The average Bonchev–Trinajstić information content (AvgIpc) is 3.44. The number of piperidine rings is 1. The Bertz CT molecular complexity index is 1450. The number of ether oxygens (including phenoxy) is 2. The summed E-state index contributed by atoms with van der Waals surface area (Å²) >= 11 is 0.